The zero-order valence-electron chi connectivity index (χ0n) is 12.7. The molecule has 0 heterocycles. The number of aryl methyl sites for hydroxylation is 1. The SMILES string of the molecule is CCCCCCCCCCCCc1ccccc1.S. The zero-order chi connectivity index (χ0) is 12.9. The Labute approximate surface area is 127 Å². The van der Waals surface area contributed by atoms with E-state index in [2.05, 4.69) is 37.3 Å². The normalized spacial score (nSPS) is 10.2. The molecule has 0 fully saturated rings. The van der Waals surface area contributed by atoms with Crippen LogP contribution in [0.3, 0.4) is 0 Å². The molecule has 0 amide bonds. The van der Waals surface area contributed by atoms with Gasteiger partial charge < -0.3 is 0 Å². The van der Waals surface area contributed by atoms with Crippen molar-refractivity contribution in [2.45, 2.75) is 77.6 Å². The second-order valence-corrected chi connectivity index (χ2v) is 5.42. The van der Waals surface area contributed by atoms with Crippen LogP contribution in [0.4, 0.5) is 0 Å². The van der Waals surface area contributed by atoms with E-state index in [9.17, 15) is 0 Å². The van der Waals surface area contributed by atoms with E-state index >= 15 is 0 Å². The summed E-state index contributed by atoms with van der Waals surface area (Å²) >= 11 is 0. The van der Waals surface area contributed by atoms with Gasteiger partial charge in [-0.1, -0.05) is 95.0 Å². The van der Waals surface area contributed by atoms with Crippen LogP contribution in [0, 0.1) is 0 Å². The van der Waals surface area contributed by atoms with Crippen molar-refractivity contribution in [3.05, 3.63) is 35.9 Å². The third-order valence-corrected chi connectivity index (χ3v) is 3.66. The summed E-state index contributed by atoms with van der Waals surface area (Å²) in [6.07, 6.45) is 15.5. The van der Waals surface area contributed by atoms with E-state index in [1.54, 1.807) is 0 Å². The van der Waals surface area contributed by atoms with E-state index in [1.165, 1.54) is 76.2 Å². The Balaban J connectivity index is 0.00000324. The fourth-order valence-electron chi connectivity index (χ4n) is 2.46. The van der Waals surface area contributed by atoms with E-state index in [-0.39, 0.29) is 13.5 Å². The lowest BCUT2D eigenvalue weighted by Gasteiger charge is -2.03. The van der Waals surface area contributed by atoms with Gasteiger partial charge in [0.2, 0.25) is 0 Å². The Hall–Kier alpha value is -0.430. The van der Waals surface area contributed by atoms with Gasteiger partial charge in [-0.2, -0.15) is 13.5 Å². The summed E-state index contributed by atoms with van der Waals surface area (Å²) in [4.78, 5) is 0. The van der Waals surface area contributed by atoms with Gasteiger partial charge in [0, 0.05) is 0 Å². The maximum atomic E-state index is 2.28. The molecule has 1 rings (SSSR count). The first-order valence-electron chi connectivity index (χ1n) is 7.97. The van der Waals surface area contributed by atoms with Crippen molar-refractivity contribution in [3.8, 4) is 0 Å². The molecule has 0 saturated heterocycles. The molecule has 110 valence electrons. The molecule has 0 radical (unpaired) electrons. The van der Waals surface area contributed by atoms with Gasteiger partial charge in [-0.05, 0) is 18.4 Å². The third kappa shape index (κ3) is 11.1. The van der Waals surface area contributed by atoms with Crippen molar-refractivity contribution in [3.63, 3.8) is 0 Å². The first-order valence-corrected chi connectivity index (χ1v) is 7.97. The molecular formula is C18H32S. The lowest BCUT2D eigenvalue weighted by Crippen LogP contribution is -1.86. The summed E-state index contributed by atoms with van der Waals surface area (Å²) in [5.74, 6) is 0. The molecule has 0 saturated carbocycles. The molecule has 0 aliphatic rings. The second-order valence-electron chi connectivity index (χ2n) is 5.42. The Kier molecular flexibility index (Phi) is 13.7. The van der Waals surface area contributed by atoms with E-state index in [0.29, 0.717) is 0 Å². The molecule has 0 nitrogen and oxygen atoms in total. The minimum Gasteiger partial charge on any atom is -0.197 e. The molecular weight excluding hydrogens is 248 g/mol. The summed E-state index contributed by atoms with van der Waals surface area (Å²) in [6.45, 7) is 2.28. The summed E-state index contributed by atoms with van der Waals surface area (Å²) < 4.78 is 0. The fraction of sp³-hybridized carbons (Fsp3) is 0.667. The Morgan fingerprint density at radius 1 is 0.632 bits per heavy atom. The largest absolute Gasteiger partial charge is 0.197 e. The first kappa shape index (κ1) is 18.6. The quantitative estimate of drug-likeness (QED) is 0.419. The lowest BCUT2D eigenvalue weighted by atomic mass is 10.0. The van der Waals surface area contributed by atoms with Gasteiger partial charge in [0.05, 0.1) is 0 Å². The average molecular weight is 281 g/mol. The smallest absolute Gasteiger partial charge is 0.0279 e. The minimum atomic E-state index is 0. The minimum absolute atomic E-state index is 0. The van der Waals surface area contributed by atoms with Crippen LogP contribution in [0.2, 0.25) is 0 Å². The van der Waals surface area contributed by atoms with Gasteiger partial charge in [0.15, 0.2) is 0 Å². The zero-order valence-corrected chi connectivity index (χ0v) is 13.7. The molecule has 0 atom stereocenters. The second kappa shape index (κ2) is 14.0. The van der Waals surface area contributed by atoms with Crippen LogP contribution >= 0.6 is 13.5 Å². The summed E-state index contributed by atoms with van der Waals surface area (Å²) in [7, 11) is 0. The standard InChI is InChI=1S/C18H30.H2S/c1-2-3-4-5-6-7-8-9-10-12-15-18-16-13-11-14-17-18;/h11,13-14,16-17H,2-10,12,15H2,1H3;1H2. The van der Waals surface area contributed by atoms with Gasteiger partial charge >= 0.3 is 0 Å². The molecule has 0 aliphatic carbocycles. The highest BCUT2D eigenvalue weighted by Gasteiger charge is 1.94. The van der Waals surface area contributed by atoms with E-state index in [0.717, 1.165) is 0 Å². The van der Waals surface area contributed by atoms with E-state index < -0.39 is 0 Å². The van der Waals surface area contributed by atoms with Crippen molar-refractivity contribution in [2.24, 2.45) is 0 Å². The number of benzene rings is 1. The predicted octanol–water partition coefficient (Wildman–Crippen LogP) is 6.26. The molecule has 1 heteroatoms. The van der Waals surface area contributed by atoms with Crippen LogP contribution in [0.1, 0.15) is 76.7 Å². The highest BCUT2D eigenvalue weighted by atomic mass is 32.1. The van der Waals surface area contributed by atoms with Crippen LogP contribution in [0.15, 0.2) is 30.3 Å². The number of hydrogen-bond acceptors (Lipinski definition) is 0. The van der Waals surface area contributed by atoms with Gasteiger partial charge in [0.1, 0.15) is 0 Å². The van der Waals surface area contributed by atoms with Crippen molar-refractivity contribution in [1.82, 2.24) is 0 Å². The summed E-state index contributed by atoms with van der Waals surface area (Å²) in [6, 6.07) is 10.9. The van der Waals surface area contributed by atoms with Crippen molar-refractivity contribution < 1.29 is 0 Å². The summed E-state index contributed by atoms with van der Waals surface area (Å²) in [5.41, 5.74) is 1.50. The third-order valence-electron chi connectivity index (χ3n) is 3.66. The predicted molar refractivity (Wildman–Crippen MR) is 92.4 cm³/mol. The van der Waals surface area contributed by atoms with E-state index in [1.807, 2.05) is 0 Å². The summed E-state index contributed by atoms with van der Waals surface area (Å²) in [5, 5.41) is 0. The lowest BCUT2D eigenvalue weighted by molar-refractivity contribution is 0.556. The topological polar surface area (TPSA) is 0 Å². The van der Waals surface area contributed by atoms with Crippen molar-refractivity contribution >= 4 is 13.5 Å². The molecule has 0 aliphatic heterocycles. The monoisotopic (exact) mass is 280 g/mol. The van der Waals surface area contributed by atoms with Gasteiger partial charge in [-0.3, -0.25) is 0 Å². The van der Waals surface area contributed by atoms with Crippen molar-refractivity contribution in [1.29, 1.82) is 0 Å². The van der Waals surface area contributed by atoms with E-state index in [4.69, 9.17) is 0 Å². The average Bonchev–Trinajstić information content (AvgIpc) is 2.42. The maximum Gasteiger partial charge on any atom is -0.0279 e. The van der Waals surface area contributed by atoms with Gasteiger partial charge in [-0.25, -0.2) is 0 Å². The van der Waals surface area contributed by atoms with Crippen LogP contribution in [0.25, 0.3) is 0 Å². The van der Waals surface area contributed by atoms with Crippen LogP contribution in [-0.2, 0) is 6.42 Å². The number of rotatable bonds is 11. The van der Waals surface area contributed by atoms with Crippen LogP contribution in [-0.4, -0.2) is 0 Å². The van der Waals surface area contributed by atoms with Crippen molar-refractivity contribution in [2.75, 3.05) is 0 Å². The molecule has 1 aromatic rings. The van der Waals surface area contributed by atoms with Gasteiger partial charge in [0.25, 0.3) is 0 Å². The molecule has 19 heavy (non-hydrogen) atoms. The molecule has 0 aromatic heterocycles. The van der Waals surface area contributed by atoms with Crippen LogP contribution in [0.5, 0.6) is 0 Å². The Bertz CT molecular complexity index is 268. The Morgan fingerprint density at radius 3 is 1.63 bits per heavy atom. The fourth-order valence-corrected chi connectivity index (χ4v) is 2.46. The first-order chi connectivity index (χ1) is 8.93. The number of hydrogen-bond donors (Lipinski definition) is 0. The highest BCUT2D eigenvalue weighted by Crippen LogP contribution is 2.12. The van der Waals surface area contributed by atoms with Crippen LogP contribution < -0.4 is 0 Å². The maximum absolute atomic E-state index is 2.28. The molecule has 0 N–H and O–H groups in total. The molecule has 0 bridgehead atoms. The number of unbranched alkanes of at least 4 members (excludes halogenated alkanes) is 9. The molecule has 1 aromatic carbocycles. The molecule has 0 unspecified atom stereocenters. The molecule has 0 spiro atoms. The Morgan fingerprint density at radius 2 is 1.11 bits per heavy atom. The highest BCUT2D eigenvalue weighted by molar-refractivity contribution is 7.59. The van der Waals surface area contributed by atoms with Gasteiger partial charge in [-0.15, -0.1) is 0 Å².